The van der Waals surface area contributed by atoms with Gasteiger partial charge in [0.1, 0.15) is 12.0 Å². The third-order valence-corrected chi connectivity index (χ3v) is 7.04. The lowest BCUT2D eigenvalue weighted by Crippen LogP contribution is -2.27. The molecule has 0 unspecified atom stereocenters. The maximum absolute atomic E-state index is 10.1. The van der Waals surface area contributed by atoms with E-state index >= 15 is 0 Å². The molecule has 216 valence electrons. The maximum atomic E-state index is 10.1. The monoisotopic (exact) mass is 559 g/mol. The Morgan fingerprint density at radius 3 is 2.73 bits per heavy atom. The molecule has 0 radical (unpaired) electrons. The number of hydrogen-bond donors (Lipinski definition) is 4. The summed E-state index contributed by atoms with van der Waals surface area (Å²) in [6.45, 7) is 9.96. The van der Waals surface area contributed by atoms with Gasteiger partial charge in [0, 0.05) is 50.1 Å². The Morgan fingerprint density at radius 2 is 2.05 bits per heavy atom. The van der Waals surface area contributed by atoms with Crippen LogP contribution in [0.1, 0.15) is 61.8 Å². The number of nitrogens with one attached hydrogen (secondary N) is 2. The van der Waals surface area contributed by atoms with Crippen molar-refractivity contribution in [3.8, 4) is 11.3 Å². The Balaban J connectivity index is 1.44. The molecule has 0 saturated heterocycles. The predicted molar refractivity (Wildman–Crippen MR) is 155 cm³/mol. The number of fused-ring (bicyclic) bond motifs is 1. The molecule has 1 aliphatic rings. The molecule has 0 amide bonds. The van der Waals surface area contributed by atoms with Crippen LogP contribution in [0.25, 0.3) is 17.0 Å². The highest BCUT2D eigenvalue weighted by molar-refractivity contribution is 5.64. The Kier molecular flexibility index (Phi) is 8.04. The van der Waals surface area contributed by atoms with Crippen LogP contribution < -0.4 is 10.6 Å². The number of aliphatic hydroxyl groups is 2. The van der Waals surface area contributed by atoms with Crippen LogP contribution in [-0.4, -0.2) is 64.7 Å². The molecule has 12 nitrogen and oxygen atoms in total. The van der Waals surface area contributed by atoms with E-state index < -0.39 is 0 Å². The van der Waals surface area contributed by atoms with Gasteiger partial charge in [0.2, 0.25) is 17.7 Å². The number of nitrogens with zero attached hydrogens (tertiary/aromatic N) is 7. The lowest BCUT2D eigenvalue weighted by Gasteiger charge is -2.21. The minimum Gasteiger partial charge on any atom is -0.513 e. The molecule has 0 bridgehead atoms. The Labute approximate surface area is 239 Å². The van der Waals surface area contributed by atoms with Gasteiger partial charge in [-0.25, -0.2) is 9.97 Å². The molecule has 1 aromatic carbocycles. The fourth-order valence-electron chi connectivity index (χ4n) is 4.92. The van der Waals surface area contributed by atoms with Crippen molar-refractivity contribution in [2.45, 2.75) is 52.1 Å². The Hall–Kier alpha value is -4.29. The standard InChI is InChI=1S/C29H37N9O3/c1-18-24(16-37(5)35-18)33-28-30-10-8-22(32-28)19-6-7-21-20(14-19)15-38(12-13-39)11-9-23(21)31-25(17-40)26-34-27(41-36-26)29(2,3)4/h6-8,10,14,16-17,23,31,39-40H,9,11-13,15H2,1-5H3,(H,30,32,33)/b25-17-/t23-/m1/s1. The minimum atomic E-state index is -0.310. The SMILES string of the molecule is Cc1nn(C)cc1Nc1nccc(-c2ccc3c(c2)CN(CCO)CC[C@H]3N/C(=C\O)c2noc(C(C)(C)C)n2)n1. The first-order chi connectivity index (χ1) is 19.6. The topological polar surface area (TPSA) is 150 Å². The molecule has 0 fully saturated rings. The highest BCUT2D eigenvalue weighted by Crippen LogP contribution is 2.32. The molecule has 4 aromatic rings. The summed E-state index contributed by atoms with van der Waals surface area (Å²) in [4.78, 5) is 15.9. The van der Waals surface area contributed by atoms with E-state index in [1.165, 1.54) is 0 Å². The average molecular weight is 560 g/mol. The van der Waals surface area contributed by atoms with Gasteiger partial charge in [-0.15, -0.1) is 0 Å². The average Bonchev–Trinajstić information content (AvgIpc) is 3.51. The summed E-state index contributed by atoms with van der Waals surface area (Å²) in [6.07, 6.45) is 5.37. The molecular formula is C29H37N9O3. The number of benzene rings is 1. The largest absolute Gasteiger partial charge is 0.513 e. The zero-order valence-electron chi connectivity index (χ0n) is 24.1. The van der Waals surface area contributed by atoms with Gasteiger partial charge in [-0.2, -0.15) is 10.1 Å². The van der Waals surface area contributed by atoms with E-state index in [2.05, 4.69) is 47.9 Å². The van der Waals surface area contributed by atoms with E-state index in [9.17, 15) is 10.2 Å². The van der Waals surface area contributed by atoms with Crippen molar-refractivity contribution < 1.29 is 14.7 Å². The summed E-state index contributed by atoms with van der Waals surface area (Å²) in [6, 6.07) is 8.03. The molecule has 4 heterocycles. The van der Waals surface area contributed by atoms with Gasteiger partial charge in [0.05, 0.1) is 29.7 Å². The zero-order chi connectivity index (χ0) is 29.1. The van der Waals surface area contributed by atoms with Crippen LogP contribution >= 0.6 is 0 Å². The molecule has 1 aliphatic heterocycles. The second kappa shape index (κ2) is 11.7. The first-order valence-corrected chi connectivity index (χ1v) is 13.7. The van der Waals surface area contributed by atoms with Gasteiger partial charge in [-0.1, -0.05) is 38.1 Å². The van der Waals surface area contributed by atoms with Crippen LogP contribution in [0, 0.1) is 6.92 Å². The Morgan fingerprint density at radius 1 is 1.22 bits per heavy atom. The Bertz CT molecular complexity index is 1540. The first kappa shape index (κ1) is 28.2. The molecule has 1 atom stereocenters. The molecule has 41 heavy (non-hydrogen) atoms. The van der Waals surface area contributed by atoms with Gasteiger partial charge in [0.25, 0.3) is 0 Å². The highest BCUT2D eigenvalue weighted by atomic mass is 16.5. The van der Waals surface area contributed by atoms with Gasteiger partial charge < -0.3 is 25.4 Å². The van der Waals surface area contributed by atoms with Crippen molar-refractivity contribution in [3.63, 3.8) is 0 Å². The number of rotatable bonds is 8. The molecule has 0 spiro atoms. The van der Waals surface area contributed by atoms with Gasteiger partial charge in [-0.3, -0.25) is 9.58 Å². The second-order valence-corrected chi connectivity index (χ2v) is 11.3. The van der Waals surface area contributed by atoms with Crippen LogP contribution in [-0.2, 0) is 19.0 Å². The molecule has 3 aromatic heterocycles. The summed E-state index contributed by atoms with van der Waals surface area (Å²) in [5.41, 5.74) is 5.71. The van der Waals surface area contributed by atoms with Crippen LogP contribution in [0.5, 0.6) is 0 Å². The number of β-amino-alcohol motifs (C(OH)–C–C–N with tert-alkyl or cyclic N) is 1. The van der Waals surface area contributed by atoms with Crippen LogP contribution in [0.2, 0.25) is 0 Å². The number of aryl methyl sites for hydroxylation is 2. The molecule has 0 saturated carbocycles. The van der Waals surface area contributed by atoms with E-state index in [0.29, 0.717) is 36.5 Å². The van der Waals surface area contributed by atoms with E-state index in [4.69, 9.17) is 9.51 Å². The molecular weight excluding hydrogens is 522 g/mol. The van der Waals surface area contributed by atoms with Crippen molar-refractivity contribution in [2.75, 3.05) is 25.0 Å². The third kappa shape index (κ3) is 6.39. The van der Waals surface area contributed by atoms with Gasteiger partial charge in [0.15, 0.2) is 0 Å². The molecule has 0 aliphatic carbocycles. The molecule has 5 rings (SSSR count). The maximum Gasteiger partial charge on any atom is 0.232 e. The molecule has 12 heteroatoms. The van der Waals surface area contributed by atoms with Crippen molar-refractivity contribution in [3.05, 3.63) is 71.5 Å². The van der Waals surface area contributed by atoms with Crippen LogP contribution in [0.15, 0.2) is 47.4 Å². The number of hydrogen-bond acceptors (Lipinski definition) is 11. The third-order valence-electron chi connectivity index (χ3n) is 7.04. The summed E-state index contributed by atoms with van der Waals surface area (Å²) >= 11 is 0. The summed E-state index contributed by atoms with van der Waals surface area (Å²) < 4.78 is 7.20. The van der Waals surface area contributed by atoms with Crippen LogP contribution in [0.4, 0.5) is 11.6 Å². The van der Waals surface area contributed by atoms with E-state index in [0.717, 1.165) is 53.0 Å². The smallest absolute Gasteiger partial charge is 0.232 e. The van der Waals surface area contributed by atoms with E-state index in [1.807, 2.05) is 53.1 Å². The quantitative estimate of drug-likeness (QED) is 0.232. The molecule has 4 N–H and O–H groups in total. The normalized spacial score (nSPS) is 16.3. The van der Waals surface area contributed by atoms with Crippen molar-refractivity contribution in [1.29, 1.82) is 0 Å². The van der Waals surface area contributed by atoms with Gasteiger partial charge >= 0.3 is 0 Å². The first-order valence-electron chi connectivity index (χ1n) is 13.7. The minimum absolute atomic E-state index is 0.0715. The van der Waals surface area contributed by atoms with Crippen molar-refractivity contribution >= 4 is 17.3 Å². The van der Waals surface area contributed by atoms with E-state index in [-0.39, 0.29) is 18.1 Å². The van der Waals surface area contributed by atoms with Crippen molar-refractivity contribution in [1.82, 2.24) is 40.1 Å². The number of anilines is 2. The van der Waals surface area contributed by atoms with Gasteiger partial charge in [-0.05, 0) is 36.6 Å². The fraction of sp³-hybridized carbons (Fsp3) is 0.414. The summed E-state index contributed by atoms with van der Waals surface area (Å²) in [5, 5.41) is 34.9. The van der Waals surface area contributed by atoms with Crippen molar-refractivity contribution in [2.24, 2.45) is 7.05 Å². The lowest BCUT2D eigenvalue weighted by atomic mass is 9.96. The van der Waals surface area contributed by atoms with Crippen LogP contribution in [0.3, 0.4) is 0 Å². The zero-order valence-corrected chi connectivity index (χ0v) is 24.1. The summed E-state index contributed by atoms with van der Waals surface area (Å²) in [5.74, 6) is 1.28. The van der Waals surface area contributed by atoms with E-state index in [1.54, 1.807) is 10.9 Å². The lowest BCUT2D eigenvalue weighted by molar-refractivity contribution is 0.189. The number of aliphatic hydroxyl groups excluding tert-OH is 2. The summed E-state index contributed by atoms with van der Waals surface area (Å²) in [7, 11) is 1.87. The fourth-order valence-corrected chi connectivity index (χ4v) is 4.92. The number of aromatic nitrogens is 6. The predicted octanol–water partition coefficient (Wildman–Crippen LogP) is 3.99. The second-order valence-electron chi connectivity index (χ2n) is 11.3. The highest BCUT2D eigenvalue weighted by Gasteiger charge is 2.27.